The maximum absolute atomic E-state index is 13.8. The quantitative estimate of drug-likeness (QED) is 0.804. The van der Waals surface area contributed by atoms with Crippen molar-refractivity contribution in [2.45, 2.75) is 43.0 Å². The molecule has 8 heteroatoms. The predicted octanol–water partition coefficient (Wildman–Crippen LogP) is 2.74. The number of unbranched alkanes of at least 4 members (excludes halogenated alkanes) is 1. The summed E-state index contributed by atoms with van der Waals surface area (Å²) in [4.78, 5) is 10.3. The summed E-state index contributed by atoms with van der Waals surface area (Å²) in [6.45, 7) is 1.85. The lowest BCUT2D eigenvalue weighted by atomic mass is 9.90. The average Bonchev–Trinajstić information content (AvgIpc) is 2.81. The number of rotatable bonds is 5. The Morgan fingerprint density at radius 2 is 1.96 bits per heavy atom. The van der Waals surface area contributed by atoms with Crippen molar-refractivity contribution in [3.63, 3.8) is 0 Å². The third-order valence-corrected chi connectivity index (χ3v) is 5.62. The van der Waals surface area contributed by atoms with Gasteiger partial charge in [0.1, 0.15) is 5.54 Å². The van der Waals surface area contributed by atoms with E-state index in [-0.39, 0.29) is 17.1 Å². The number of alkyl halides is 3. The van der Waals surface area contributed by atoms with Crippen LogP contribution in [0.15, 0.2) is 30.3 Å². The fourth-order valence-corrected chi connectivity index (χ4v) is 4.54. The van der Waals surface area contributed by atoms with Crippen LogP contribution in [0.4, 0.5) is 13.2 Å². The van der Waals surface area contributed by atoms with Gasteiger partial charge >= 0.3 is 6.30 Å². The van der Waals surface area contributed by atoms with Gasteiger partial charge in [0.05, 0.1) is 0 Å². The van der Waals surface area contributed by atoms with Crippen molar-refractivity contribution < 1.29 is 18.0 Å². The smallest absolute Gasteiger partial charge is 0.368 e. The van der Waals surface area contributed by atoms with Crippen LogP contribution in [0, 0.1) is 0 Å². The highest BCUT2D eigenvalue weighted by Crippen LogP contribution is 2.54. The molecule has 1 aromatic rings. The van der Waals surface area contributed by atoms with Crippen LogP contribution in [-0.2, 0) is 9.79 Å². The fourth-order valence-electron chi connectivity index (χ4n) is 2.95. The minimum absolute atomic E-state index is 0.0249. The molecule has 1 aliphatic heterocycles. The summed E-state index contributed by atoms with van der Waals surface area (Å²) in [5, 5.41) is 0. The second-order valence-corrected chi connectivity index (χ2v) is 6.85. The maximum Gasteiger partial charge on any atom is 0.463 e. The van der Waals surface area contributed by atoms with E-state index < -0.39 is 22.7 Å². The van der Waals surface area contributed by atoms with Gasteiger partial charge in [-0.25, -0.2) is 0 Å². The summed E-state index contributed by atoms with van der Waals surface area (Å²) in [5.41, 5.74) is 10.0. The van der Waals surface area contributed by atoms with Gasteiger partial charge in [-0.15, -0.1) is 11.8 Å². The lowest BCUT2D eigenvalue weighted by Crippen LogP contribution is -2.67. The van der Waals surface area contributed by atoms with E-state index in [1.807, 2.05) is 6.92 Å². The van der Waals surface area contributed by atoms with Crippen LogP contribution in [0.25, 0.3) is 0 Å². The molecule has 2 rings (SSSR count). The van der Waals surface area contributed by atoms with Crippen molar-refractivity contribution >= 4 is 17.7 Å². The van der Waals surface area contributed by atoms with Crippen molar-refractivity contribution in [3.8, 4) is 0 Å². The van der Waals surface area contributed by atoms with E-state index in [0.29, 0.717) is 18.4 Å². The van der Waals surface area contributed by atoms with Gasteiger partial charge in [-0.05, 0) is 12.0 Å². The highest BCUT2D eigenvalue weighted by Gasteiger charge is 2.66. The Labute approximate surface area is 137 Å². The topological polar surface area (TPSA) is 72.3 Å². The molecule has 1 amide bonds. The van der Waals surface area contributed by atoms with Crippen molar-refractivity contribution in [2.75, 3.05) is 5.75 Å². The van der Waals surface area contributed by atoms with E-state index in [1.165, 1.54) is 12.1 Å². The standard InChI is InChI=1S/C15H20F3N3OS/c1-2-3-9-13(12(19)22)10-23-14(20,21(13)15(16,17)18)11-7-5-4-6-8-11/h4-8H,2-3,9-10,20H2,1H3,(H2,19,22). The van der Waals surface area contributed by atoms with Crippen molar-refractivity contribution in [3.05, 3.63) is 35.9 Å². The van der Waals surface area contributed by atoms with Crippen molar-refractivity contribution in [2.24, 2.45) is 11.5 Å². The Hall–Kier alpha value is -1.25. The second-order valence-electron chi connectivity index (χ2n) is 5.65. The monoisotopic (exact) mass is 347 g/mol. The van der Waals surface area contributed by atoms with E-state index in [0.717, 1.165) is 11.8 Å². The number of thioether (sulfide) groups is 1. The Balaban J connectivity index is 2.57. The van der Waals surface area contributed by atoms with Crippen molar-refractivity contribution in [1.29, 1.82) is 0 Å². The molecule has 1 aromatic carbocycles. The van der Waals surface area contributed by atoms with Gasteiger partial charge in [0.25, 0.3) is 0 Å². The highest BCUT2D eigenvalue weighted by molar-refractivity contribution is 8.00. The molecule has 2 atom stereocenters. The molecule has 2 unspecified atom stereocenters. The van der Waals surface area contributed by atoms with Crippen LogP contribution in [0.3, 0.4) is 0 Å². The molecular weight excluding hydrogens is 327 g/mol. The van der Waals surface area contributed by atoms with E-state index in [4.69, 9.17) is 11.5 Å². The van der Waals surface area contributed by atoms with E-state index in [1.54, 1.807) is 18.2 Å². The van der Waals surface area contributed by atoms with Gasteiger partial charge < -0.3 is 11.5 Å². The summed E-state index contributed by atoms with van der Waals surface area (Å²) >= 11 is 0.901. The molecule has 128 valence electrons. The summed E-state index contributed by atoms with van der Waals surface area (Å²) in [6, 6.07) is 8.00. The SMILES string of the molecule is CCCCC1(C(N)=O)CSC(N)(c2ccccc2)N1C(F)(F)F. The Bertz CT molecular complexity index is 569. The molecule has 4 N–H and O–H groups in total. The number of hydrogen-bond donors (Lipinski definition) is 2. The van der Waals surface area contributed by atoms with Crippen LogP contribution in [0.5, 0.6) is 0 Å². The number of hydrogen-bond acceptors (Lipinski definition) is 4. The molecule has 1 saturated heterocycles. The summed E-state index contributed by atoms with van der Waals surface area (Å²) in [6.07, 6.45) is -3.64. The first-order chi connectivity index (χ1) is 10.7. The number of carbonyl (C=O) groups excluding carboxylic acids is 1. The Kier molecular flexibility index (Phi) is 4.98. The minimum atomic E-state index is -4.78. The zero-order chi connectivity index (χ0) is 17.3. The van der Waals surface area contributed by atoms with Crippen LogP contribution in [-0.4, -0.2) is 28.4 Å². The molecule has 0 aromatic heterocycles. The zero-order valence-electron chi connectivity index (χ0n) is 12.8. The molecule has 1 fully saturated rings. The number of nitrogens with zero attached hydrogens (tertiary/aromatic N) is 1. The molecule has 1 heterocycles. The van der Waals surface area contributed by atoms with Crippen molar-refractivity contribution in [1.82, 2.24) is 4.90 Å². The highest BCUT2D eigenvalue weighted by atomic mass is 32.2. The molecule has 0 bridgehead atoms. The summed E-state index contributed by atoms with van der Waals surface area (Å²) < 4.78 is 41.5. The van der Waals surface area contributed by atoms with Crippen LogP contribution >= 0.6 is 11.8 Å². The molecule has 4 nitrogen and oxygen atoms in total. The maximum atomic E-state index is 13.8. The van der Waals surface area contributed by atoms with Crippen LogP contribution in [0.2, 0.25) is 0 Å². The number of halogens is 3. The van der Waals surface area contributed by atoms with E-state index >= 15 is 0 Å². The lowest BCUT2D eigenvalue weighted by Gasteiger charge is -2.43. The largest absolute Gasteiger partial charge is 0.463 e. The van der Waals surface area contributed by atoms with Crippen LogP contribution < -0.4 is 11.5 Å². The molecule has 0 saturated carbocycles. The normalized spacial score (nSPS) is 28.9. The summed E-state index contributed by atoms with van der Waals surface area (Å²) in [7, 11) is 0. The van der Waals surface area contributed by atoms with Crippen LogP contribution in [0.1, 0.15) is 31.7 Å². The molecular formula is C15H20F3N3OS. The second kappa shape index (κ2) is 6.33. The summed E-state index contributed by atoms with van der Waals surface area (Å²) in [5.74, 6) is -1.08. The number of amides is 1. The third kappa shape index (κ3) is 3.07. The molecule has 23 heavy (non-hydrogen) atoms. The van der Waals surface area contributed by atoms with Gasteiger partial charge in [0.15, 0.2) is 4.99 Å². The lowest BCUT2D eigenvalue weighted by molar-refractivity contribution is -0.287. The Morgan fingerprint density at radius 3 is 2.43 bits per heavy atom. The van der Waals surface area contributed by atoms with Gasteiger partial charge in [0, 0.05) is 5.75 Å². The van der Waals surface area contributed by atoms with Gasteiger partial charge in [0.2, 0.25) is 5.91 Å². The number of benzene rings is 1. The molecule has 1 aliphatic rings. The minimum Gasteiger partial charge on any atom is -0.368 e. The number of carbonyl (C=O) groups is 1. The predicted molar refractivity (Wildman–Crippen MR) is 84.1 cm³/mol. The van der Waals surface area contributed by atoms with Gasteiger partial charge in [-0.3, -0.25) is 4.79 Å². The number of primary amides is 1. The van der Waals surface area contributed by atoms with E-state index in [2.05, 4.69) is 0 Å². The fraction of sp³-hybridized carbons (Fsp3) is 0.533. The molecule has 0 spiro atoms. The third-order valence-electron chi connectivity index (χ3n) is 4.13. The number of nitrogens with two attached hydrogens (primary N) is 2. The first-order valence-corrected chi connectivity index (χ1v) is 8.32. The first kappa shape index (κ1) is 18.1. The Morgan fingerprint density at radius 1 is 1.35 bits per heavy atom. The van der Waals surface area contributed by atoms with Gasteiger partial charge in [-0.2, -0.15) is 18.1 Å². The zero-order valence-corrected chi connectivity index (χ0v) is 13.6. The van der Waals surface area contributed by atoms with E-state index in [9.17, 15) is 18.0 Å². The molecule has 0 radical (unpaired) electrons. The first-order valence-electron chi connectivity index (χ1n) is 7.34. The van der Waals surface area contributed by atoms with Gasteiger partial charge in [-0.1, -0.05) is 50.1 Å². The average molecular weight is 347 g/mol. The molecule has 0 aliphatic carbocycles.